The van der Waals surface area contributed by atoms with Crippen molar-refractivity contribution in [1.29, 1.82) is 0 Å². The molecule has 1 heterocycles. The predicted molar refractivity (Wildman–Crippen MR) is 62.4 cm³/mol. The third-order valence-electron chi connectivity index (χ3n) is 2.21. The monoisotopic (exact) mass is 205 g/mol. The predicted octanol–water partition coefficient (Wildman–Crippen LogP) is 1.71. The summed E-state index contributed by atoms with van der Waals surface area (Å²) in [4.78, 5) is 0. The van der Waals surface area contributed by atoms with Crippen LogP contribution in [0.5, 0.6) is 0 Å². The number of rotatable bonds is 5. The van der Waals surface area contributed by atoms with Crippen molar-refractivity contribution in [1.82, 2.24) is 15.1 Å². The zero-order valence-corrected chi connectivity index (χ0v) is 9.80. The summed E-state index contributed by atoms with van der Waals surface area (Å²) in [5, 5.41) is 7.77. The fraction of sp³-hybridized carbons (Fsp3) is 0.583. The first-order valence-corrected chi connectivity index (χ1v) is 5.41. The molecule has 15 heavy (non-hydrogen) atoms. The van der Waals surface area contributed by atoms with Crippen molar-refractivity contribution in [2.75, 3.05) is 6.54 Å². The molecule has 0 fully saturated rings. The number of aromatic nitrogens is 2. The van der Waals surface area contributed by atoms with Crippen molar-refractivity contribution in [2.24, 2.45) is 0 Å². The molecule has 82 valence electrons. The van der Waals surface area contributed by atoms with Gasteiger partial charge in [0.05, 0.1) is 5.69 Å². The highest BCUT2D eigenvalue weighted by molar-refractivity contribution is 5.15. The highest BCUT2D eigenvalue weighted by Gasteiger charge is 2.02. The minimum Gasteiger partial charge on any atom is -0.313 e. The van der Waals surface area contributed by atoms with Crippen LogP contribution in [0.4, 0.5) is 0 Å². The molecule has 0 spiro atoms. The fourth-order valence-electron chi connectivity index (χ4n) is 1.37. The van der Waals surface area contributed by atoms with Crippen molar-refractivity contribution in [2.45, 2.75) is 40.3 Å². The van der Waals surface area contributed by atoms with E-state index in [9.17, 15) is 0 Å². The van der Waals surface area contributed by atoms with E-state index in [1.807, 2.05) is 18.5 Å². The third-order valence-corrected chi connectivity index (χ3v) is 2.21. The molecule has 0 bridgehead atoms. The molecular weight excluding hydrogens is 186 g/mol. The summed E-state index contributed by atoms with van der Waals surface area (Å²) in [6, 6.07) is 0. The van der Waals surface area contributed by atoms with Crippen LogP contribution >= 0.6 is 0 Å². The Morgan fingerprint density at radius 1 is 1.53 bits per heavy atom. The van der Waals surface area contributed by atoms with E-state index in [4.69, 9.17) is 0 Å². The summed E-state index contributed by atoms with van der Waals surface area (Å²) >= 11 is 0. The van der Waals surface area contributed by atoms with Crippen LogP contribution in [0.2, 0.25) is 0 Å². The minimum absolute atomic E-state index is 0.686. The molecule has 1 rings (SSSR count). The quantitative estimate of drug-likeness (QED) is 0.586. The average molecular weight is 205 g/mol. The Hall–Kier alpha value is -1.27. The van der Waals surface area contributed by atoms with Gasteiger partial charge in [-0.1, -0.05) is 12.8 Å². The van der Waals surface area contributed by atoms with Gasteiger partial charge in [0.1, 0.15) is 6.54 Å². The van der Waals surface area contributed by atoms with Crippen LogP contribution in [-0.4, -0.2) is 16.3 Å². The van der Waals surface area contributed by atoms with Crippen LogP contribution < -0.4 is 5.32 Å². The molecule has 0 amide bonds. The second kappa shape index (κ2) is 6.26. The van der Waals surface area contributed by atoms with Crippen molar-refractivity contribution in [3.05, 3.63) is 17.5 Å². The number of nitrogens with one attached hydrogen (secondary N) is 1. The Balaban J connectivity index is 2.55. The van der Waals surface area contributed by atoms with E-state index in [0.29, 0.717) is 6.54 Å². The smallest absolute Gasteiger partial charge is 0.102 e. The molecule has 0 radical (unpaired) electrons. The van der Waals surface area contributed by atoms with E-state index in [2.05, 4.69) is 35.4 Å². The van der Waals surface area contributed by atoms with Crippen LogP contribution in [0, 0.1) is 18.8 Å². The minimum atomic E-state index is 0.686. The Morgan fingerprint density at radius 2 is 2.33 bits per heavy atom. The summed E-state index contributed by atoms with van der Waals surface area (Å²) in [5.74, 6) is 5.87. The van der Waals surface area contributed by atoms with Crippen molar-refractivity contribution >= 4 is 0 Å². The third kappa shape index (κ3) is 3.77. The highest BCUT2D eigenvalue weighted by atomic mass is 15.3. The fourth-order valence-corrected chi connectivity index (χ4v) is 1.37. The molecule has 3 heteroatoms. The topological polar surface area (TPSA) is 29.9 Å². The Kier molecular flexibility index (Phi) is 4.92. The number of hydrogen-bond donors (Lipinski definition) is 1. The van der Waals surface area contributed by atoms with Crippen LogP contribution in [0.1, 0.15) is 31.5 Å². The van der Waals surface area contributed by atoms with Crippen LogP contribution in [-0.2, 0) is 13.1 Å². The van der Waals surface area contributed by atoms with Gasteiger partial charge in [0.2, 0.25) is 0 Å². The van der Waals surface area contributed by atoms with Crippen LogP contribution in [0.25, 0.3) is 0 Å². The van der Waals surface area contributed by atoms with Gasteiger partial charge in [-0.15, -0.1) is 5.92 Å². The largest absolute Gasteiger partial charge is 0.313 e. The van der Waals surface area contributed by atoms with E-state index in [1.54, 1.807) is 0 Å². The molecule has 0 atom stereocenters. The first kappa shape index (κ1) is 11.8. The van der Waals surface area contributed by atoms with Crippen LogP contribution in [0.15, 0.2) is 6.20 Å². The van der Waals surface area contributed by atoms with E-state index in [0.717, 1.165) is 25.2 Å². The van der Waals surface area contributed by atoms with Gasteiger partial charge in [-0.3, -0.25) is 4.68 Å². The van der Waals surface area contributed by atoms with Gasteiger partial charge < -0.3 is 5.32 Å². The maximum Gasteiger partial charge on any atom is 0.102 e. The maximum absolute atomic E-state index is 4.40. The zero-order chi connectivity index (χ0) is 11.1. The van der Waals surface area contributed by atoms with Crippen LogP contribution in [0.3, 0.4) is 0 Å². The first-order valence-electron chi connectivity index (χ1n) is 5.41. The van der Waals surface area contributed by atoms with E-state index < -0.39 is 0 Å². The lowest BCUT2D eigenvalue weighted by molar-refractivity contribution is 0.672. The molecule has 0 saturated heterocycles. The van der Waals surface area contributed by atoms with Gasteiger partial charge in [0.15, 0.2) is 0 Å². The molecule has 1 aromatic rings. The Morgan fingerprint density at radius 3 is 3.00 bits per heavy atom. The zero-order valence-electron chi connectivity index (χ0n) is 9.80. The number of nitrogens with zero attached hydrogens (tertiary/aromatic N) is 2. The molecule has 0 aliphatic rings. The van der Waals surface area contributed by atoms with E-state index >= 15 is 0 Å². The molecule has 1 N–H and O–H groups in total. The molecular formula is C12H19N3. The SMILES string of the molecule is CC#CCn1cc(CNCCC)c(C)n1. The Bertz CT molecular complexity index is 355. The van der Waals surface area contributed by atoms with E-state index in [-0.39, 0.29) is 0 Å². The molecule has 3 nitrogen and oxygen atoms in total. The van der Waals surface area contributed by atoms with Gasteiger partial charge in [-0.05, 0) is 26.8 Å². The number of hydrogen-bond acceptors (Lipinski definition) is 2. The van der Waals surface area contributed by atoms with Crippen molar-refractivity contribution in [3.8, 4) is 11.8 Å². The molecule has 0 aliphatic carbocycles. The van der Waals surface area contributed by atoms with Crippen molar-refractivity contribution in [3.63, 3.8) is 0 Å². The molecule has 0 aromatic carbocycles. The summed E-state index contributed by atoms with van der Waals surface area (Å²) in [7, 11) is 0. The normalized spacial score (nSPS) is 9.80. The lowest BCUT2D eigenvalue weighted by Gasteiger charge is -1.99. The number of aryl methyl sites for hydroxylation is 1. The lowest BCUT2D eigenvalue weighted by Crippen LogP contribution is -2.13. The average Bonchev–Trinajstić information content (AvgIpc) is 2.57. The summed E-state index contributed by atoms with van der Waals surface area (Å²) < 4.78 is 1.90. The Labute approximate surface area is 91.9 Å². The van der Waals surface area contributed by atoms with Gasteiger partial charge in [-0.2, -0.15) is 5.10 Å². The highest BCUT2D eigenvalue weighted by Crippen LogP contribution is 2.04. The van der Waals surface area contributed by atoms with Gasteiger partial charge in [-0.25, -0.2) is 0 Å². The standard InChI is InChI=1S/C12H19N3/c1-4-6-8-15-10-12(11(3)14-15)9-13-7-5-2/h10,13H,5,7-9H2,1-3H3. The second-order valence-electron chi connectivity index (χ2n) is 3.54. The van der Waals surface area contributed by atoms with Gasteiger partial charge >= 0.3 is 0 Å². The van der Waals surface area contributed by atoms with Gasteiger partial charge in [0.25, 0.3) is 0 Å². The van der Waals surface area contributed by atoms with E-state index in [1.165, 1.54) is 5.56 Å². The molecule has 0 aliphatic heterocycles. The van der Waals surface area contributed by atoms with Crippen molar-refractivity contribution < 1.29 is 0 Å². The first-order chi connectivity index (χ1) is 7.27. The second-order valence-corrected chi connectivity index (χ2v) is 3.54. The summed E-state index contributed by atoms with van der Waals surface area (Å²) in [6.45, 7) is 8.70. The summed E-state index contributed by atoms with van der Waals surface area (Å²) in [6.07, 6.45) is 3.23. The van der Waals surface area contributed by atoms with Gasteiger partial charge in [0, 0.05) is 18.3 Å². The molecule has 0 saturated carbocycles. The molecule has 0 unspecified atom stereocenters. The maximum atomic E-state index is 4.40. The summed E-state index contributed by atoms with van der Waals surface area (Å²) in [5.41, 5.74) is 2.36. The molecule has 1 aromatic heterocycles. The lowest BCUT2D eigenvalue weighted by atomic mass is 10.2.